The molecule has 0 radical (unpaired) electrons. The van der Waals surface area contributed by atoms with Gasteiger partial charge < -0.3 is 10.2 Å². The number of hydrogen-bond donors (Lipinski definition) is 1. The van der Waals surface area contributed by atoms with E-state index in [-0.39, 0.29) is 5.91 Å². The molecule has 1 saturated heterocycles. The minimum Gasteiger partial charge on any atom is -0.334 e. The molecule has 1 aliphatic heterocycles. The molecule has 76 valence electrons. The Kier molecular flexibility index (Phi) is 2.96. The number of hydrogen-bond acceptors (Lipinski definition) is 2. The average Bonchev–Trinajstić information content (AvgIpc) is 2.01. The van der Waals surface area contributed by atoms with Crippen LogP contribution in [0.15, 0.2) is 0 Å². The molecular weight excluding hydrogens is 164 g/mol. The van der Waals surface area contributed by atoms with E-state index in [1.54, 1.807) is 6.92 Å². The summed E-state index contributed by atoms with van der Waals surface area (Å²) in [5.74, 6) is 0.181. The third-order valence-electron chi connectivity index (χ3n) is 3.21. The normalized spacial score (nSPS) is 40.5. The summed E-state index contributed by atoms with van der Waals surface area (Å²) in [5.41, 5.74) is 0. The smallest absolute Gasteiger partial charge is 0.220 e. The molecule has 0 aromatic heterocycles. The van der Waals surface area contributed by atoms with Gasteiger partial charge >= 0.3 is 0 Å². The van der Waals surface area contributed by atoms with E-state index >= 15 is 0 Å². The zero-order chi connectivity index (χ0) is 10.2. The first kappa shape index (κ1) is 10.5. The Bertz CT molecular complexity index is 191. The first-order valence-corrected chi connectivity index (χ1v) is 5.00. The summed E-state index contributed by atoms with van der Waals surface area (Å²) < 4.78 is 0. The Morgan fingerprint density at radius 3 is 1.77 bits per heavy atom. The second kappa shape index (κ2) is 3.66. The van der Waals surface area contributed by atoms with Gasteiger partial charge in [0.05, 0.1) is 0 Å². The quantitative estimate of drug-likeness (QED) is 0.609. The minimum absolute atomic E-state index is 0.181. The van der Waals surface area contributed by atoms with E-state index in [4.69, 9.17) is 0 Å². The Labute approximate surface area is 80.5 Å². The van der Waals surface area contributed by atoms with E-state index in [2.05, 4.69) is 33.0 Å². The van der Waals surface area contributed by atoms with Crippen molar-refractivity contribution < 1.29 is 4.79 Å². The van der Waals surface area contributed by atoms with Crippen LogP contribution in [0.1, 0.15) is 34.6 Å². The van der Waals surface area contributed by atoms with Gasteiger partial charge in [0.15, 0.2) is 0 Å². The molecule has 0 saturated carbocycles. The van der Waals surface area contributed by atoms with Crippen LogP contribution in [-0.2, 0) is 4.79 Å². The molecule has 13 heavy (non-hydrogen) atoms. The predicted octanol–water partition coefficient (Wildman–Crippen LogP) is 0.992. The van der Waals surface area contributed by atoms with Crippen LogP contribution < -0.4 is 5.32 Å². The Hall–Kier alpha value is -0.570. The highest BCUT2D eigenvalue weighted by molar-refractivity contribution is 5.74. The molecule has 3 heteroatoms. The SMILES string of the molecule is CC(=O)N1C(C)C(C)NC(C)C1C. The summed E-state index contributed by atoms with van der Waals surface area (Å²) in [5, 5.41) is 3.47. The van der Waals surface area contributed by atoms with Gasteiger partial charge in [-0.3, -0.25) is 4.79 Å². The van der Waals surface area contributed by atoms with Crippen molar-refractivity contribution in [3.63, 3.8) is 0 Å². The van der Waals surface area contributed by atoms with Gasteiger partial charge in [0.25, 0.3) is 0 Å². The monoisotopic (exact) mass is 184 g/mol. The largest absolute Gasteiger partial charge is 0.334 e. The fourth-order valence-electron chi connectivity index (χ4n) is 2.12. The highest BCUT2D eigenvalue weighted by Gasteiger charge is 2.35. The van der Waals surface area contributed by atoms with Crippen LogP contribution in [0.2, 0.25) is 0 Å². The van der Waals surface area contributed by atoms with Crippen molar-refractivity contribution in [1.82, 2.24) is 10.2 Å². The number of carbonyl (C=O) groups is 1. The first-order chi connectivity index (χ1) is 5.95. The van der Waals surface area contributed by atoms with E-state index in [0.29, 0.717) is 24.2 Å². The van der Waals surface area contributed by atoms with Crippen molar-refractivity contribution in [2.75, 3.05) is 0 Å². The van der Waals surface area contributed by atoms with E-state index in [1.165, 1.54) is 0 Å². The summed E-state index contributed by atoms with van der Waals surface area (Å²) in [6.45, 7) is 10.1. The van der Waals surface area contributed by atoms with E-state index in [0.717, 1.165) is 0 Å². The highest BCUT2D eigenvalue weighted by atomic mass is 16.2. The van der Waals surface area contributed by atoms with Gasteiger partial charge in [0.2, 0.25) is 5.91 Å². The summed E-state index contributed by atoms with van der Waals surface area (Å²) >= 11 is 0. The standard InChI is InChI=1S/C10H20N2O/c1-6-8(3)12(10(5)13)9(4)7(2)11-6/h6-9,11H,1-5H3. The van der Waals surface area contributed by atoms with E-state index in [1.807, 2.05) is 4.90 Å². The van der Waals surface area contributed by atoms with Crippen LogP contribution >= 0.6 is 0 Å². The Balaban J connectivity index is 2.82. The predicted molar refractivity (Wildman–Crippen MR) is 53.5 cm³/mol. The van der Waals surface area contributed by atoms with Gasteiger partial charge in [-0.15, -0.1) is 0 Å². The first-order valence-electron chi connectivity index (χ1n) is 5.00. The molecule has 1 rings (SSSR count). The van der Waals surface area contributed by atoms with Gasteiger partial charge in [0.1, 0.15) is 0 Å². The van der Waals surface area contributed by atoms with E-state index in [9.17, 15) is 4.79 Å². The van der Waals surface area contributed by atoms with Gasteiger partial charge in [-0.2, -0.15) is 0 Å². The Morgan fingerprint density at radius 1 is 1.08 bits per heavy atom. The number of nitrogens with one attached hydrogen (secondary N) is 1. The molecule has 4 unspecified atom stereocenters. The van der Waals surface area contributed by atoms with Crippen molar-refractivity contribution in [3.05, 3.63) is 0 Å². The van der Waals surface area contributed by atoms with Gasteiger partial charge in [0, 0.05) is 31.1 Å². The van der Waals surface area contributed by atoms with Crippen molar-refractivity contribution >= 4 is 5.91 Å². The van der Waals surface area contributed by atoms with Crippen LogP contribution in [0.25, 0.3) is 0 Å². The molecule has 0 bridgehead atoms. The molecular formula is C10H20N2O. The van der Waals surface area contributed by atoms with Gasteiger partial charge in [-0.05, 0) is 27.7 Å². The topological polar surface area (TPSA) is 32.3 Å². The second-order valence-corrected chi connectivity index (χ2v) is 4.15. The summed E-state index contributed by atoms with van der Waals surface area (Å²) in [7, 11) is 0. The lowest BCUT2D eigenvalue weighted by molar-refractivity contribution is -0.136. The molecule has 1 heterocycles. The van der Waals surface area contributed by atoms with Gasteiger partial charge in [-0.25, -0.2) is 0 Å². The third-order valence-corrected chi connectivity index (χ3v) is 3.21. The molecule has 1 fully saturated rings. The van der Waals surface area contributed by atoms with Crippen molar-refractivity contribution in [2.24, 2.45) is 0 Å². The zero-order valence-corrected chi connectivity index (χ0v) is 9.16. The molecule has 1 amide bonds. The maximum absolute atomic E-state index is 11.4. The molecule has 0 aromatic carbocycles. The molecule has 3 nitrogen and oxygen atoms in total. The minimum atomic E-state index is 0.181. The van der Waals surface area contributed by atoms with Crippen LogP contribution in [-0.4, -0.2) is 35.0 Å². The van der Waals surface area contributed by atoms with Crippen LogP contribution in [0, 0.1) is 0 Å². The molecule has 0 aromatic rings. The highest BCUT2D eigenvalue weighted by Crippen LogP contribution is 2.18. The lowest BCUT2D eigenvalue weighted by atomic mass is 9.97. The zero-order valence-electron chi connectivity index (χ0n) is 9.16. The fraction of sp³-hybridized carbons (Fsp3) is 0.900. The van der Waals surface area contributed by atoms with Crippen LogP contribution in [0.3, 0.4) is 0 Å². The summed E-state index contributed by atoms with van der Waals surface area (Å²) in [6.07, 6.45) is 0. The number of amides is 1. The molecule has 0 spiro atoms. The molecule has 1 aliphatic rings. The number of carbonyl (C=O) groups excluding carboxylic acids is 1. The lowest BCUT2D eigenvalue weighted by Crippen LogP contribution is -2.64. The maximum atomic E-state index is 11.4. The molecule has 4 atom stereocenters. The van der Waals surface area contributed by atoms with Crippen molar-refractivity contribution in [3.8, 4) is 0 Å². The lowest BCUT2D eigenvalue weighted by Gasteiger charge is -2.46. The van der Waals surface area contributed by atoms with Crippen molar-refractivity contribution in [1.29, 1.82) is 0 Å². The number of nitrogens with zero attached hydrogens (tertiary/aromatic N) is 1. The summed E-state index contributed by atoms with van der Waals surface area (Å²) in [6, 6.07) is 1.36. The third kappa shape index (κ3) is 1.85. The maximum Gasteiger partial charge on any atom is 0.220 e. The Morgan fingerprint density at radius 2 is 1.46 bits per heavy atom. The number of rotatable bonds is 0. The van der Waals surface area contributed by atoms with Crippen LogP contribution in [0.5, 0.6) is 0 Å². The number of piperazine rings is 1. The summed E-state index contributed by atoms with van der Waals surface area (Å²) in [4.78, 5) is 13.4. The van der Waals surface area contributed by atoms with Gasteiger partial charge in [-0.1, -0.05) is 0 Å². The second-order valence-electron chi connectivity index (χ2n) is 4.15. The van der Waals surface area contributed by atoms with Crippen LogP contribution in [0.4, 0.5) is 0 Å². The molecule has 0 aliphatic carbocycles. The molecule has 1 N–H and O–H groups in total. The average molecular weight is 184 g/mol. The van der Waals surface area contributed by atoms with E-state index < -0.39 is 0 Å². The fourth-order valence-corrected chi connectivity index (χ4v) is 2.12. The van der Waals surface area contributed by atoms with Crippen molar-refractivity contribution in [2.45, 2.75) is 58.8 Å².